The molecule has 2 aromatic rings. The molecule has 0 fully saturated rings. The van der Waals surface area contributed by atoms with Gasteiger partial charge in [0.15, 0.2) is 0 Å². The van der Waals surface area contributed by atoms with Crippen LogP contribution in [0.2, 0.25) is 0 Å². The van der Waals surface area contributed by atoms with Crippen molar-refractivity contribution in [3.63, 3.8) is 0 Å². The normalized spacial score (nSPS) is 13.4. The monoisotopic (exact) mass is 283 g/mol. The maximum atomic E-state index is 11.6. The highest BCUT2D eigenvalue weighted by Crippen LogP contribution is 2.38. The van der Waals surface area contributed by atoms with Crippen LogP contribution in [-0.4, -0.2) is 30.6 Å². The smallest absolute Gasteiger partial charge is 0.119 e. The molecule has 21 heavy (non-hydrogen) atoms. The largest absolute Gasteiger partial charge is 0.380 e. The number of hydrogen-bond acceptors (Lipinski definition) is 2. The zero-order valence-corrected chi connectivity index (χ0v) is 13.2. The minimum absolute atomic E-state index is 0.136. The number of aliphatic hydroxyl groups is 1. The van der Waals surface area contributed by atoms with Crippen LogP contribution < -0.4 is 0 Å². The molecule has 0 aromatic heterocycles. The van der Waals surface area contributed by atoms with Crippen molar-refractivity contribution in [2.24, 2.45) is 5.92 Å². The van der Waals surface area contributed by atoms with Gasteiger partial charge in [-0.05, 0) is 31.6 Å². The molecule has 2 rings (SSSR count). The first-order chi connectivity index (χ1) is 10.1. The molecule has 2 nitrogen and oxygen atoms in total. The van der Waals surface area contributed by atoms with E-state index in [9.17, 15) is 5.11 Å². The van der Waals surface area contributed by atoms with Crippen molar-refractivity contribution < 1.29 is 5.11 Å². The average Bonchev–Trinajstić information content (AvgIpc) is 2.53. The van der Waals surface area contributed by atoms with Gasteiger partial charge in [-0.2, -0.15) is 0 Å². The van der Waals surface area contributed by atoms with Crippen LogP contribution in [0.25, 0.3) is 0 Å². The van der Waals surface area contributed by atoms with Crippen LogP contribution in [0, 0.1) is 5.92 Å². The highest BCUT2D eigenvalue weighted by Gasteiger charge is 2.39. The number of nitrogens with zero attached hydrogens (tertiary/aromatic N) is 1. The fraction of sp³-hybridized carbons (Fsp3) is 0.368. The Kier molecular flexibility index (Phi) is 5.16. The summed E-state index contributed by atoms with van der Waals surface area (Å²) in [6, 6.07) is 20.0. The molecule has 1 atom stereocenters. The summed E-state index contributed by atoms with van der Waals surface area (Å²) >= 11 is 0. The van der Waals surface area contributed by atoms with Gasteiger partial charge in [-0.25, -0.2) is 0 Å². The fourth-order valence-corrected chi connectivity index (χ4v) is 3.02. The lowest BCUT2D eigenvalue weighted by Gasteiger charge is -2.38. The van der Waals surface area contributed by atoms with E-state index in [-0.39, 0.29) is 5.92 Å². The van der Waals surface area contributed by atoms with Crippen LogP contribution in [0.5, 0.6) is 0 Å². The second kappa shape index (κ2) is 6.88. The number of hydrogen-bond donors (Lipinski definition) is 1. The summed E-state index contributed by atoms with van der Waals surface area (Å²) in [6.45, 7) is 2.99. The van der Waals surface area contributed by atoms with Crippen molar-refractivity contribution in [2.75, 3.05) is 20.6 Å². The van der Waals surface area contributed by atoms with Crippen molar-refractivity contribution in [2.45, 2.75) is 18.9 Å². The van der Waals surface area contributed by atoms with E-state index in [0.717, 1.165) is 24.1 Å². The predicted octanol–water partition coefficient (Wildman–Crippen LogP) is 3.51. The Bertz CT molecular complexity index is 497. The summed E-state index contributed by atoms with van der Waals surface area (Å²) in [7, 11) is 4.11. The van der Waals surface area contributed by atoms with Gasteiger partial charge in [0.2, 0.25) is 0 Å². The number of rotatable bonds is 6. The first-order valence-electron chi connectivity index (χ1n) is 7.57. The van der Waals surface area contributed by atoms with E-state index in [1.807, 2.05) is 60.7 Å². The molecular weight excluding hydrogens is 258 g/mol. The van der Waals surface area contributed by atoms with Crippen molar-refractivity contribution in [3.8, 4) is 0 Å². The van der Waals surface area contributed by atoms with E-state index in [0.29, 0.717) is 0 Å². The highest BCUT2D eigenvalue weighted by atomic mass is 16.3. The summed E-state index contributed by atoms with van der Waals surface area (Å²) in [5.74, 6) is 0.136. The lowest BCUT2D eigenvalue weighted by atomic mass is 9.74. The van der Waals surface area contributed by atoms with Crippen LogP contribution in [0.3, 0.4) is 0 Å². The molecule has 0 saturated carbocycles. The van der Waals surface area contributed by atoms with E-state index in [1.54, 1.807) is 0 Å². The molecule has 2 heteroatoms. The van der Waals surface area contributed by atoms with Crippen LogP contribution in [0.4, 0.5) is 0 Å². The molecule has 0 aliphatic rings. The Morgan fingerprint density at radius 2 is 1.33 bits per heavy atom. The Balaban J connectivity index is 2.53. The summed E-state index contributed by atoms with van der Waals surface area (Å²) in [5, 5.41) is 11.6. The first-order valence-corrected chi connectivity index (χ1v) is 7.57. The molecule has 2 aromatic carbocycles. The van der Waals surface area contributed by atoms with Gasteiger partial charge in [0, 0.05) is 12.5 Å². The minimum Gasteiger partial charge on any atom is -0.380 e. The molecule has 0 amide bonds. The van der Waals surface area contributed by atoms with Crippen molar-refractivity contribution >= 4 is 0 Å². The van der Waals surface area contributed by atoms with E-state index < -0.39 is 5.60 Å². The zero-order chi connectivity index (χ0) is 15.3. The Hall–Kier alpha value is -1.64. The van der Waals surface area contributed by atoms with Crippen LogP contribution in [-0.2, 0) is 5.60 Å². The molecule has 0 heterocycles. The molecule has 1 N–H and O–H groups in total. The van der Waals surface area contributed by atoms with E-state index in [4.69, 9.17) is 0 Å². The molecule has 0 bridgehead atoms. The summed E-state index contributed by atoms with van der Waals surface area (Å²) in [4.78, 5) is 2.14. The molecule has 112 valence electrons. The summed E-state index contributed by atoms with van der Waals surface area (Å²) in [5.41, 5.74) is 0.969. The summed E-state index contributed by atoms with van der Waals surface area (Å²) < 4.78 is 0. The van der Waals surface area contributed by atoms with Gasteiger partial charge in [-0.15, -0.1) is 0 Å². The third-order valence-corrected chi connectivity index (χ3v) is 4.10. The SMILES string of the molecule is CC[C@@H](CN(C)C)C(O)(c1ccccc1)c1ccccc1. The molecular formula is C19H25NO. The molecule has 0 radical (unpaired) electrons. The van der Waals surface area contributed by atoms with Crippen LogP contribution in [0.15, 0.2) is 60.7 Å². The van der Waals surface area contributed by atoms with Crippen LogP contribution in [0.1, 0.15) is 24.5 Å². The van der Waals surface area contributed by atoms with E-state index in [2.05, 4.69) is 25.9 Å². The van der Waals surface area contributed by atoms with Crippen LogP contribution >= 0.6 is 0 Å². The first kappa shape index (κ1) is 15.7. The average molecular weight is 283 g/mol. The third kappa shape index (κ3) is 3.34. The Labute approximate surface area is 128 Å². The van der Waals surface area contributed by atoms with Gasteiger partial charge >= 0.3 is 0 Å². The van der Waals surface area contributed by atoms with Gasteiger partial charge in [0.25, 0.3) is 0 Å². The Morgan fingerprint density at radius 3 is 1.67 bits per heavy atom. The molecule has 0 unspecified atom stereocenters. The van der Waals surface area contributed by atoms with Crippen molar-refractivity contribution in [3.05, 3.63) is 71.8 Å². The standard InChI is InChI=1S/C19H25NO/c1-4-16(15-20(2)3)19(21,17-11-7-5-8-12-17)18-13-9-6-10-14-18/h5-14,16,21H,4,15H2,1-3H3/t16-/m0/s1. The lowest BCUT2D eigenvalue weighted by Crippen LogP contribution is -2.41. The molecule has 0 aliphatic heterocycles. The van der Waals surface area contributed by atoms with E-state index in [1.165, 1.54) is 0 Å². The van der Waals surface area contributed by atoms with Crippen molar-refractivity contribution in [1.29, 1.82) is 0 Å². The molecule has 0 aliphatic carbocycles. The number of benzene rings is 2. The summed E-state index contributed by atoms with van der Waals surface area (Å²) in [6.07, 6.45) is 0.915. The molecule has 0 saturated heterocycles. The Morgan fingerprint density at radius 1 is 0.905 bits per heavy atom. The minimum atomic E-state index is -0.957. The topological polar surface area (TPSA) is 23.5 Å². The third-order valence-electron chi connectivity index (χ3n) is 4.10. The van der Waals surface area contributed by atoms with E-state index >= 15 is 0 Å². The van der Waals surface area contributed by atoms with Gasteiger partial charge < -0.3 is 10.0 Å². The van der Waals surface area contributed by atoms with Gasteiger partial charge in [0.05, 0.1) is 0 Å². The fourth-order valence-electron chi connectivity index (χ4n) is 3.02. The van der Waals surface area contributed by atoms with Gasteiger partial charge in [0.1, 0.15) is 5.60 Å². The van der Waals surface area contributed by atoms with Gasteiger partial charge in [-0.3, -0.25) is 0 Å². The zero-order valence-electron chi connectivity index (χ0n) is 13.2. The predicted molar refractivity (Wildman–Crippen MR) is 88.2 cm³/mol. The maximum absolute atomic E-state index is 11.6. The quantitative estimate of drug-likeness (QED) is 0.877. The second-order valence-electron chi connectivity index (χ2n) is 5.87. The maximum Gasteiger partial charge on any atom is 0.119 e. The van der Waals surface area contributed by atoms with Gasteiger partial charge in [-0.1, -0.05) is 67.6 Å². The molecule has 0 spiro atoms. The highest BCUT2D eigenvalue weighted by molar-refractivity contribution is 5.37. The lowest BCUT2D eigenvalue weighted by molar-refractivity contribution is 0.00331. The van der Waals surface area contributed by atoms with Crippen molar-refractivity contribution in [1.82, 2.24) is 4.90 Å². The second-order valence-corrected chi connectivity index (χ2v) is 5.87.